The van der Waals surface area contributed by atoms with Crippen LogP contribution >= 0.6 is 0 Å². The van der Waals surface area contributed by atoms with Gasteiger partial charge in [-0.2, -0.15) is 0 Å². The minimum Gasteiger partial charge on any atom is -0.383 e. The molecule has 0 aliphatic heterocycles. The molecule has 0 spiro atoms. The number of nitrogen functional groups attached to an aromatic ring is 1. The fourth-order valence-corrected chi connectivity index (χ4v) is 1.81. The molecule has 0 atom stereocenters. The van der Waals surface area contributed by atoms with Crippen molar-refractivity contribution in [2.24, 2.45) is 0 Å². The van der Waals surface area contributed by atoms with Crippen molar-refractivity contribution in [1.29, 1.82) is 0 Å². The molecule has 2 rings (SSSR count). The van der Waals surface area contributed by atoms with E-state index < -0.39 is 0 Å². The molecule has 2 aromatic rings. The summed E-state index contributed by atoms with van der Waals surface area (Å²) in [5.74, 6) is 1.35. The third-order valence-electron chi connectivity index (χ3n) is 2.92. The average Bonchev–Trinajstić information content (AvgIpc) is 2.38. The molecule has 0 saturated carbocycles. The van der Waals surface area contributed by atoms with Gasteiger partial charge in [0.25, 0.3) is 0 Å². The monoisotopic (exact) mass is 243 g/mol. The summed E-state index contributed by atoms with van der Waals surface area (Å²) >= 11 is 0. The third kappa shape index (κ3) is 2.56. The molecule has 0 fully saturated rings. The molecule has 0 unspecified atom stereocenters. The van der Waals surface area contributed by atoms with E-state index >= 15 is 0 Å². The van der Waals surface area contributed by atoms with Crippen LogP contribution in [0.3, 0.4) is 0 Å². The van der Waals surface area contributed by atoms with Crippen LogP contribution in [0.4, 0.5) is 11.6 Å². The van der Waals surface area contributed by atoms with Gasteiger partial charge in [0.1, 0.15) is 18.0 Å². The zero-order valence-electron chi connectivity index (χ0n) is 10.6. The van der Waals surface area contributed by atoms with E-state index in [0.717, 1.165) is 23.4 Å². The minimum atomic E-state index is 0.543. The van der Waals surface area contributed by atoms with Crippen LogP contribution < -0.4 is 11.1 Å². The van der Waals surface area contributed by atoms with Crippen LogP contribution in [0.5, 0.6) is 0 Å². The highest BCUT2D eigenvalue weighted by atomic mass is 15.0. The van der Waals surface area contributed by atoms with Crippen molar-refractivity contribution in [2.45, 2.75) is 26.8 Å². The fraction of sp³-hybridized carbons (Fsp3) is 0.308. The van der Waals surface area contributed by atoms with E-state index in [-0.39, 0.29) is 0 Å². The Hall–Kier alpha value is -2.17. The molecule has 0 bridgehead atoms. The molecule has 2 aromatic heterocycles. The van der Waals surface area contributed by atoms with E-state index in [1.807, 2.05) is 26.1 Å². The first kappa shape index (κ1) is 12.3. The van der Waals surface area contributed by atoms with Crippen molar-refractivity contribution in [3.05, 3.63) is 41.5 Å². The summed E-state index contributed by atoms with van der Waals surface area (Å²) in [4.78, 5) is 12.3. The predicted molar refractivity (Wildman–Crippen MR) is 72.1 cm³/mol. The van der Waals surface area contributed by atoms with Crippen molar-refractivity contribution in [3.8, 4) is 0 Å². The van der Waals surface area contributed by atoms with E-state index in [1.165, 1.54) is 11.9 Å². The summed E-state index contributed by atoms with van der Waals surface area (Å²) in [6.07, 6.45) is 5.94. The van der Waals surface area contributed by atoms with Gasteiger partial charge in [-0.05, 0) is 30.5 Å². The van der Waals surface area contributed by atoms with E-state index in [4.69, 9.17) is 5.73 Å². The Morgan fingerprint density at radius 1 is 1.33 bits per heavy atom. The predicted octanol–water partition coefficient (Wildman–Crippen LogP) is 1.94. The van der Waals surface area contributed by atoms with Gasteiger partial charge in [-0.15, -0.1) is 0 Å². The standard InChI is InChI=1S/C13H17N5/c1-3-11-12(14)17-8-18-13(11)16-7-10-4-5-15-6-9(10)2/h4-6,8H,3,7H2,1-2H3,(H3,14,16,17,18). The lowest BCUT2D eigenvalue weighted by Crippen LogP contribution is -2.08. The number of nitrogens with two attached hydrogens (primary N) is 1. The molecular formula is C13H17N5. The van der Waals surface area contributed by atoms with Gasteiger partial charge in [0.15, 0.2) is 0 Å². The molecule has 0 aromatic carbocycles. The van der Waals surface area contributed by atoms with Gasteiger partial charge in [0.2, 0.25) is 0 Å². The Morgan fingerprint density at radius 3 is 2.89 bits per heavy atom. The smallest absolute Gasteiger partial charge is 0.134 e. The molecule has 94 valence electrons. The number of rotatable bonds is 4. The number of anilines is 2. The Kier molecular flexibility index (Phi) is 3.72. The highest BCUT2D eigenvalue weighted by molar-refractivity contribution is 5.55. The van der Waals surface area contributed by atoms with Crippen LogP contribution in [0.2, 0.25) is 0 Å². The lowest BCUT2D eigenvalue weighted by atomic mass is 10.1. The molecule has 0 aliphatic carbocycles. The molecule has 0 aliphatic rings. The topological polar surface area (TPSA) is 76.7 Å². The van der Waals surface area contributed by atoms with Crippen molar-refractivity contribution in [2.75, 3.05) is 11.1 Å². The number of nitrogens with zero attached hydrogens (tertiary/aromatic N) is 3. The molecule has 3 N–H and O–H groups in total. The van der Waals surface area contributed by atoms with E-state index in [9.17, 15) is 0 Å². The number of nitrogens with one attached hydrogen (secondary N) is 1. The molecule has 2 heterocycles. The fourth-order valence-electron chi connectivity index (χ4n) is 1.81. The maximum absolute atomic E-state index is 5.83. The largest absolute Gasteiger partial charge is 0.383 e. The zero-order chi connectivity index (χ0) is 13.0. The summed E-state index contributed by atoms with van der Waals surface area (Å²) in [6, 6.07) is 2.00. The second-order valence-electron chi connectivity index (χ2n) is 4.10. The zero-order valence-corrected chi connectivity index (χ0v) is 10.6. The van der Waals surface area contributed by atoms with Crippen molar-refractivity contribution in [3.63, 3.8) is 0 Å². The first-order valence-electron chi connectivity index (χ1n) is 5.95. The molecule has 5 nitrogen and oxygen atoms in total. The van der Waals surface area contributed by atoms with Crippen LogP contribution in [0.1, 0.15) is 23.6 Å². The summed E-state index contributed by atoms with van der Waals surface area (Å²) in [6.45, 7) is 4.79. The molecular weight excluding hydrogens is 226 g/mol. The Bertz CT molecular complexity index is 539. The lowest BCUT2D eigenvalue weighted by molar-refractivity contribution is 1.01. The Morgan fingerprint density at radius 2 is 2.17 bits per heavy atom. The molecule has 5 heteroatoms. The summed E-state index contributed by atoms with van der Waals surface area (Å²) in [7, 11) is 0. The van der Waals surface area contributed by atoms with Gasteiger partial charge >= 0.3 is 0 Å². The van der Waals surface area contributed by atoms with E-state index in [1.54, 1.807) is 6.20 Å². The Labute approximate surface area is 106 Å². The summed E-state index contributed by atoms with van der Waals surface area (Å²) in [5.41, 5.74) is 9.15. The average molecular weight is 243 g/mol. The van der Waals surface area contributed by atoms with Crippen LogP contribution in [0.25, 0.3) is 0 Å². The maximum Gasteiger partial charge on any atom is 0.134 e. The normalized spacial score (nSPS) is 10.3. The summed E-state index contributed by atoms with van der Waals surface area (Å²) in [5, 5.41) is 3.30. The minimum absolute atomic E-state index is 0.543. The number of aromatic nitrogens is 3. The second kappa shape index (κ2) is 5.44. The molecule has 18 heavy (non-hydrogen) atoms. The number of aryl methyl sites for hydroxylation is 1. The van der Waals surface area contributed by atoms with Crippen LogP contribution in [-0.2, 0) is 13.0 Å². The summed E-state index contributed by atoms with van der Waals surface area (Å²) < 4.78 is 0. The molecule has 0 amide bonds. The molecule has 0 radical (unpaired) electrons. The van der Waals surface area contributed by atoms with Gasteiger partial charge < -0.3 is 11.1 Å². The highest BCUT2D eigenvalue weighted by Crippen LogP contribution is 2.18. The van der Waals surface area contributed by atoms with Gasteiger partial charge in [-0.1, -0.05) is 6.92 Å². The van der Waals surface area contributed by atoms with Crippen molar-refractivity contribution in [1.82, 2.24) is 15.0 Å². The third-order valence-corrected chi connectivity index (χ3v) is 2.92. The Balaban J connectivity index is 2.16. The first-order chi connectivity index (χ1) is 8.72. The number of hydrogen-bond acceptors (Lipinski definition) is 5. The van der Waals surface area contributed by atoms with Gasteiger partial charge in [-0.3, -0.25) is 4.98 Å². The van der Waals surface area contributed by atoms with Crippen LogP contribution in [0.15, 0.2) is 24.8 Å². The SMILES string of the molecule is CCc1c(N)ncnc1NCc1ccncc1C. The van der Waals surface area contributed by atoms with Crippen LogP contribution in [-0.4, -0.2) is 15.0 Å². The van der Waals surface area contributed by atoms with Gasteiger partial charge in [0, 0.05) is 24.5 Å². The maximum atomic E-state index is 5.83. The highest BCUT2D eigenvalue weighted by Gasteiger charge is 2.07. The first-order valence-corrected chi connectivity index (χ1v) is 5.95. The van der Waals surface area contributed by atoms with Crippen LogP contribution in [0, 0.1) is 6.92 Å². The van der Waals surface area contributed by atoms with Gasteiger partial charge in [0.05, 0.1) is 0 Å². The van der Waals surface area contributed by atoms with Gasteiger partial charge in [-0.25, -0.2) is 9.97 Å². The number of pyridine rings is 1. The lowest BCUT2D eigenvalue weighted by Gasteiger charge is -2.12. The second-order valence-corrected chi connectivity index (χ2v) is 4.10. The van der Waals surface area contributed by atoms with E-state index in [0.29, 0.717) is 12.4 Å². The molecule has 0 saturated heterocycles. The number of hydrogen-bond donors (Lipinski definition) is 2. The van der Waals surface area contributed by atoms with Crippen molar-refractivity contribution >= 4 is 11.6 Å². The van der Waals surface area contributed by atoms with Crippen molar-refractivity contribution < 1.29 is 0 Å². The quantitative estimate of drug-likeness (QED) is 0.858. The van der Waals surface area contributed by atoms with E-state index in [2.05, 4.69) is 20.3 Å².